The fourth-order valence-corrected chi connectivity index (χ4v) is 4.25. The normalized spacial score (nSPS) is 13.4. The average molecular weight is 441 g/mol. The van der Waals surface area contributed by atoms with E-state index in [9.17, 15) is 9.59 Å². The van der Waals surface area contributed by atoms with Crippen LogP contribution in [0, 0.1) is 0 Å². The first kappa shape index (κ1) is 18.9. The third kappa shape index (κ3) is 4.27. The molecule has 0 unspecified atom stereocenters. The van der Waals surface area contributed by atoms with Gasteiger partial charge in [-0.1, -0.05) is 24.7 Å². The standard InChI is InChI=1S/C17H21BrN4O3S/c1-3-4-7-25-17(24)22-6-5-12-14(10-22)26-16(19-12)20-13-8-11(18)9-21(2)15(13)23/h8-9H,3-7,10H2,1-2H3,(H,19,20). The van der Waals surface area contributed by atoms with Crippen molar-refractivity contribution < 1.29 is 9.53 Å². The zero-order valence-electron chi connectivity index (χ0n) is 14.7. The van der Waals surface area contributed by atoms with E-state index in [2.05, 4.69) is 33.2 Å². The van der Waals surface area contributed by atoms with Crippen molar-refractivity contribution in [3.8, 4) is 0 Å². The van der Waals surface area contributed by atoms with Crippen molar-refractivity contribution in [2.24, 2.45) is 7.05 Å². The van der Waals surface area contributed by atoms with Gasteiger partial charge in [-0.05, 0) is 28.4 Å². The summed E-state index contributed by atoms with van der Waals surface area (Å²) in [6, 6.07) is 1.74. The summed E-state index contributed by atoms with van der Waals surface area (Å²) in [6.07, 6.45) is 4.00. The number of nitrogens with one attached hydrogen (secondary N) is 1. The van der Waals surface area contributed by atoms with E-state index < -0.39 is 0 Å². The lowest BCUT2D eigenvalue weighted by molar-refractivity contribution is 0.0969. The first-order valence-corrected chi connectivity index (χ1v) is 10.1. The minimum Gasteiger partial charge on any atom is -0.449 e. The van der Waals surface area contributed by atoms with Crippen LogP contribution in [0.1, 0.15) is 30.3 Å². The van der Waals surface area contributed by atoms with E-state index in [1.54, 1.807) is 24.2 Å². The molecule has 2 aromatic heterocycles. The van der Waals surface area contributed by atoms with Gasteiger partial charge in [0.15, 0.2) is 5.13 Å². The molecule has 0 saturated carbocycles. The van der Waals surface area contributed by atoms with Crippen LogP contribution in [0.3, 0.4) is 0 Å². The van der Waals surface area contributed by atoms with E-state index in [0.717, 1.165) is 27.9 Å². The van der Waals surface area contributed by atoms with Crippen LogP contribution < -0.4 is 10.9 Å². The molecular formula is C17H21BrN4O3S. The van der Waals surface area contributed by atoms with Gasteiger partial charge in [0.2, 0.25) is 0 Å². The molecule has 0 aliphatic carbocycles. The summed E-state index contributed by atoms with van der Waals surface area (Å²) >= 11 is 4.86. The summed E-state index contributed by atoms with van der Waals surface area (Å²) in [6.45, 7) is 3.61. The number of unbranched alkanes of at least 4 members (excludes halogenated alkanes) is 1. The molecule has 0 bridgehead atoms. The fraction of sp³-hybridized carbons (Fsp3) is 0.471. The average Bonchev–Trinajstić information content (AvgIpc) is 3.00. The lowest BCUT2D eigenvalue weighted by Gasteiger charge is -2.25. The van der Waals surface area contributed by atoms with Gasteiger partial charge in [0.25, 0.3) is 5.56 Å². The van der Waals surface area contributed by atoms with Crippen LogP contribution in [0.2, 0.25) is 0 Å². The van der Waals surface area contributed by atoms with Crippen LogP contribution in [0.25, 0.3) is 0 Å². The molecule has 0 saturated heterocycles. The minimum atomic E-state index is -0.270. The predicted molar refractivity (Wildman–Crippen MR) is 105 cm³/mol. The number of hydrogen-bond acceptors (Lipinski definition) is 6. The molecule has 0 spiro atoms. The number of aryl methyl sites for hydroxylation is 1. The van der Waals surface area contributed by atoms with Gasteiger partial charge in [-0.3, -0.25) is 4.79 Å². The topological polar surface area (TPSA) is 76.5 Å². The molecular weight excluding hydrogens is 420 g/mol. The second kappa shape index (κ2) is 8.22. The Kier molecular flexibility index (Phi) is 5.98. The quantitative estimate of drug-likeness (QED) is 0.717. The Balaban J connectivity index is 1.70. The highest BCUT2D eigenvalue weighted by molar-refractivity contribution is 9.10. The molecule has 1 aliphatic heterocycles. The molecule has 0 radical (unpaired) electrons. The number of hydrogen-bond donors (Lipinski definition) is 1. The van der Waals surface area contributed by atoms with Crippen LogP contribution >= 0.6 is 27.3 Å². The molecule has 1 aliphatic rings. The number of carbonyl (C=O) groups is 1. The van der Waals surface area contributed by atoms with E-state index in [0.29, 0.717) is 36.9 Å². The van der Waals surface area contributed by atoms with Gasteiger partial charge in [-0.15, -0.1) is 0 Å². The minimum absolute atomic E-state index is 0.123. The molecule has 1 amide bonds. The summed E-state index contributed by atoms with van der Waals surface area (Å²) < 4.78 is 7.61. The number of carbonyl (C=O) groups excluding carboxylic acids is 1. The van der Waals surface area contributed by atoms with Gasteiger partial charge in [0, 0.05) is 35.6 Å². The molecule has 0 aromatic carbocycles. The molecule has 9 heteroatoms. The van der Waals surface area contributed by atoms with Crippen LogP contribution in [0.15, 0.2) is 21.5 Å². The summed E-state index contributed by atoms with van der Waals surface area (Å²) in [5, 5.41) is 3.77. The molecule has 3 heterocycles. The highest BCUT2D eigenvalue weighted by atomic mass is 79.9. The first-order chi connectivity index (χ1) is 12.5. The highest BCUT2D eigenvalue weighted by Gasteiger charge is 2.25. The lowest BCUT2D eigenvalue weighted by Crippen LogP contribution is -2.36. The Bertz CT molecular complexity index is 864. The summed E-state index contributed by atoms with van der Waals surface area (Å²) in [7, 11) is 1.70. The van der Waals surface area contributed by atoms with E-state index in [1.807, 2.05) is 0 Å². The van der Waals surface area contributed by atoms with Gasteiger partial charge in [-0.2, -0.15) is 0 Å². The van der Waals surface area contributed by atoms with Gasteiger partial charge in [0.05, 0.1) is 18.8 Å². The number of amides is 1. The van der Waals surface area contributed by atoms with Crippen molar-refractivity contribution >= 4 is 44.2 Å². The fourth-order valence-electron chi connectivity index (χ4n) is 2.68. The number of pyridine rings is 1. The maximum absolute atomic E-state index is 12.2. The first-order valence-electron chi connectivity index (χ1n) is 8.51. The van der Waals surface area contributed by atoms with Gasteiger partial charge in [-0.25, -0.2) is 9.78 Å². The zero-order chi connectivity index (χ0) is 18.7. The smallest absolute Gasteiger partial charge is 0.410 e. The van der Waals surface area contributed by atoms with Crippen LogP contribution in [0.4, 0.5) is 15.6 Å². The third-order valence-corrected chi connectivity index (χ3v) is 5.54. The van der Waals surface area contributed by atoms with E-state index in [-0.39, 0.29) is 11.7 Å². The van der Waals surface area contributed by atoms with E-state index in [1.165, 1.54) is 15.9 Å². The number of thiazole rings is 1. The van der Waals surface area contributed by atoms with Crippen molar-refractivity contribution in [1.29, 1.82) is 0 Å². The van der Waals surface area contributed by atoms with Crippen molar-refractivity contribution in [1.82, 2.24) is 14.5 Å². The number of fused-ring (bicyclic) bond motifs is 1. The van der Waals surface area contributed by atoms with Gasteiger partial charge >= 0.3 is 6.09 Å². The molecule has 0 atom stereocenters. The lowest BCUT2D eigenvalue weighted by atomic mass is 10.2. The Hall–Kier alpha value is -1.87. The number of ether oxygens (including phenoxy) is 1. The van der Waals surface area contributed by atoms with Crippen molar-refractivity contribution in [3.05, 3.63) is 37.7 Å². The Labute approximate surface area is 164 Å². The van der Waals surface area contributed by atoms with Crippen LogP contribution in [-0.4, -0.2) is 33.7 Å². The Morgan fingerprint density at radius 3 is 3.08 bits per heavy atom. The number of aromatic nitrogens is 2. The number of anilines is 2. The molecule has 0 fully saturated rings. The molecule has 2 aromatic rings. The second-order valence-electron chi connectivity index (χ2n) is 6.14. The third-order valence-electron chi connectivity index (χ3n) is 4.10. The summed E-state index contributed by atoms with van der Waals surface area (Å²) in [4.78, 5) is 31.7. The van der Waals surface area contributed by atoms with E-state index >= 15 is 0 Å². The monoisotopic (exact) mass is 440 g/mol. The molecule has 3 rings (SSSR count). The van der Waals surface area contributed by atoms with E-state index in [4.69, 9.17) is 4.74 Å². The summed E-state index contributed by atoms with van der Waals surface area (Å²) in [5.74, 6) is 0. The van der Waals surface area contributed by atoms with Crippen LogP contribution in [-0.2, 0) is 24.8 Å². The van der Waals surface area contributed by atoms with Gasteiger partial charge < -0.3 is 19.5 Å². The molecule has 1 N–H and O–H groups in total. The highest BCUT2D eigenvalue weighted by Crippen LogP contribution is 2.30. The Morgan fingerprint density at radius 1 is 1.50 bits per heavy atom. The predicted octanol–water partition coefficient (Wildman–Crippen LogP) is 3.64. The largest absolute Gasteiger partial charge is 0.449 e. The molecule has 7 nitrogen and oxygen atoms in total. The maximum atomic E-state index is 12.2. The molecule has 26 heavy (non-hydrogen) atoms. The second-order valence-corrected chi connectivity index (χ2v) is 8.14. The van der Waals surface area contributed by atoms with Crippen molar-refractivity contribution in [3.63, 3.8) is 0 Å². The number of halogens is 1. The van der Waals surface area contributed by atoms with Crippen molar-refractivity contribution in [2.45, 2.75) is 32.7 Å². The van der Waals surface area contributed by atoms with Crippen molar-refractivity contribution in [2.75, 3.05) is 18.5 Å². The zero-order valence-corrected chi connectivity index (χ0v) is 17.2. The molecule has 140 valence electrons. The van der Waals surface area contributed by atoms with Gasteiger partial charge in [0.1, 0.15) is 5.69 Å². The maximum Gasteiger partial charge on any atom is 0.410 e. The SMILES string of the molecule is CCCCOC(=O)N1CCc2nc(Nc3cc(Br)cn(C)c3=O)sc2C1. The number of rotatable bonds is 5. The summed E-state index contributed by atoms with van der Waals surface area (Å²) in [5.41, 5.74) is 1.31. The van der Waals surface area contributed by atoms with Crippen LogP contribution in [0.5, 0.6) is 0 Å². The number of nitrogens with zero attached hydrogens (tertiary/aromatic N) is 3. The Morgan fingerprint density at radius 2 is 2.31 bits per heavy atom.